The second-order valence-corrected chi connectivity index (χ2v) is 32.2. The molecule has 4 amide bonds. The molecule has 1 aliphatic carbocycles. The molecule has 1 N–H and O–H groups in total. The lowest BCUT2D eigenvalue weighted by molar-refractivity contribution is -0.142. The van der Waals surface area contributed by atoms with Gasteiger partial charge in [-0.2, -0.15) is 0 Å². The summed E-state index contributed by atoms with van der Waals surface area (Å²) in [5, 5.41) is 8.85. The number of methoxy groups -OCH3 is 5. The van der Waals surface area contributed by atoms with Gasteiger partial charge in [0.15, 0.2) is 46.0 Å². The maximum absolute atomic E-state index is 15.0. The molecule has 0 aromatic heterocycles. The summed E-state index contributed by atoms with van der Waals surface area (Å²) in [4.78, 5) is 107. The van der Waals surface area contributed by atoms with Crippen LogP contribution in [-0.4, -0.2) is 264 Å². The molecule has 6 aromatic rings. The fourth-order valence-electron chi connectivity index (χ4n) is 17.4. The van der Waals surface area contributed by atoms with Gasteiger partial charge in [0, 0.05) is 87.1 Å². The third kappa shape index (κ3) is 22.1. The van der Waals surface area contributed by atoms with Crippen LogP contribution in [0, 0.1) is 11.8 Å². The number of ether oxygens (including phenoxy) is 17. The number of nitrogens with zero attached hydrogens (tertiary/aromatic N) is 8. The number of aliphatic imine (C=N–C) groups is 4. The second-order valence-electron chi connectivity index (χ2n) is 32.2. The highest BCUT2D eigenvalue weighted by molar-refractivity contribution is 6.07. The molecule has 4 saturated heterocycles. The summed E-state index contributed by atoms with van der Waals surface area (Å²) in [5.74, 6) is 2.08. The van der Waals surface area contributed by atoms with Crippen molar-refractivity contribution in [1.82, 2.24) is 19.6 Å². The highest BCUT2D eigenvalue weighted by Gasteiger charge is 2.46. The minimum Gasteiger partial charge on any atom is -0.493 e. The topological polar surface area (TPSA) is 342 Å². The molecule has 32 nitrogen and oxygen atoms in total. The lowest BCUT2D eigenvalue weighted by Gasteiger charge is -2.25. The minimum atomic E-state index is -0.926. The summed E-state index contributed by atoms with van der Waals surface area (Å²) >= 11 is 0. The number of carbonyl (C=O) groups excluding carboxylic acids is 5. The van der Waals surface area contributed by atoms with Gasteiger partial charge in [-0.25, -0.2) is 0 Å². The SMILES string of the molecule is C/C=C1\CC2C=Nc3cc(OCc4cc(COc5cc6c(cc5OC)C(=O)N5C/C7=C/C/C=C8/CN9C(=O)c%10cc(OC)c(OCc%11cc(COc%12cc%13c(cc%12OC)C(=O)N%12C/C(=C/C)C[C@H]%12C=N%13)cc(OCCOCCOCCOCCC(=O)O)c%11)cc%10N=CC9C8CCCC7[C@H]5C=N6)cc(OCCOCCOCCOCCC(=O)OC)c4)c(OC)cc3C(=O)N2C1. The van der Waals surface area contributed by atoms with E-state index < -0.39 is 5.97 Å². The predicted molar refractivity (Wildman–Crippen MR) is 477 cm³/mol. The molecule has 0 spiro atoms. The average Bonchev–Trinajstić information content (AvgIpc) is 1.63. The van der Waals surface area contributed by atoms with Crippen LogP contribution in [0.25, 0.3) is 0 Å². The van der Waals surface area contributed by atoms with Gasteiger partial charge in [-0.05, 0) is 140 Å². The molecule has 682 valence electrons. The van der Waals surface area contributed by atoms with Crippen molar-refractivity contribution in [3.05, 3.63) is 176 Å². The zero-order chi connectivity index (χ0) is 89.9. The monoisotopic (exact) mass is 1770 g/mol. The Bertz CT molecular complexity index is 5320. The molecular weight excluding hydrogens is 1660 g/mol. The van der Waals surface area contributed by atoms with Crippen LogP contribution >= 0.6 is 0 Å². The van der Waals surface area contributed by atoms with Gasteiger partial charge >= 0.3 is 11.9 Å². The Hall–Kier alpha value is -12.5. The molecule has 129 heavy (non-hydrogen) atoms. The second kappa shape index (κ2) is 43.6. The minimum absolute atomic E-state index is 0.0258. The third-order valence-electron chi connectivity index (χ3n) is 24.1. The Labute approximate surface area is 748 Å². The van der Waals surface area contributed by atoms with Crippen molar-refractivity contribution >= 4 is 83.2 Å². The van der Waals surface area contributed by atoms with Crippen LogP contribution in [-0.2, 0) is 69.2 Å². The highest BCUT2D eigenvalue weighted by Crippen LogP contribution is 2.48. The molecule has 15 rings (SSSR count). The molecule has 0 saturated carbocycles. The third-order valence-corrected chi connectivity index (χ3v) is 24.1. The van der Waals surface area contributed by atoms with Gasteiger partial charge in [0.05, 0.1) is 197 Å². The molecule has 0 bridgehead atoms. The summed E-state index contributed by atoms with van der Waals surface area (Å²) in [5.41, 5.74) is 11.0. The number of hydrogen-bond acceptors (Lipinski definition) is 27. The van der Waals surface area contributed by atoms with Crippen molar-refractivity contribution in [2.24, 2.45) is 31.8 Å². The maximum Gasteiger partial charge on any atom is 0.307 e. The Morgan fingerprint density at radius 3 is 1.04 bits per heavy atom. The molecule has 32 heteroatoms. The van der Waals surface area contributed by atoms with Crippen molar-refractivity contribution in [3.8, 4) is 57.5 Å². The van der Waals surface area contributed by atoms with E-state index in [9.17, 15) is 19.2 Å². The maximum atomic E-state index is 15.0. The first-order valence-corrected chi connectivity index (χ1v) is 43.7. The first kappa shape index (κ1) is 91.3. The van der Waals surface area contributed by atoms with E-state index in [4.69, 9.17) is 101 Å². The molecular formula is C97H110N8O24. The largest absolute Gasteiger partial charge is 0.493 e. The lowest BCUT2D eigenvalue weighted by Crippen LogP contribution is -2.38. The van der Waals surface area contributed by atoms with Crippen molar-refractivity contribution < 1.29 is 114 Å². The zero-order valence-electron chi connectivity index (χ0n) is 73.8. The molecule has 8 aliphatic heterocycles. The van der Waals surface area contributed by atoms with Crippen LogP contribution in [0.5, 0.6) is 57.5 Å². The van der Waals surface area contributed by atoms with E-state index in [1.807, 2.05) is 101 Å². The number of carboxylic acid groups (broad SMARTS) is 1. The van der Waals surface area contributed by atoms with Gasteiger partial charge in [-0.15, -0.1) is 0 Å². The van der Waals surface area contributed by atoms with Crippen LogP contribution < -0.4 is 47.4 Å². The van der Waals surface area contributed by atoms with E-state index in [2.05, 4.69) is 23.0 Å². The van der Waals surface area contributed by atoms with Crippen molar-refractivity contribution in [2.75, 3.05) is 154 Å². The van der Waals surface area contributed by atoms with Crippen LogP contribution in [0.3, 0.4) is 0 Å². The van der Waals surface area contributed by atoms with E-state index in [1.54, 1.807) is 48.5 Å². The number of hydrogen-bond donors (Lipinski definition) is 1. The molecule has 0 radical (unpaired) electrons. The van der Waals surface area contributed by atoms with Crippen molar-refractivity contribution in [1.29, 1.82) is 0 Å². The molecule has 6 atom stereocenters. The molecule has 4 unspecified atom stereocenters. The number of benzene rings is 6. The number of amides is 4. The van der Waals surface area contributed by atoms with E-state index in [1.165, 1.54) is 46.7 Å². The Morgan fingerprint density at radius 2 is 0.705 bits per heavy atom. The summed E-state index contributed by atoms with van der Waals surface area (Å²) < 4.78 is 101. The van der Waals surface area contributed by atoms with Gasteiger partial charge in [-0.1, -0.05) is 41.9 Å². The van der Waals surface area contributed by atoms with E-state index >= 15 is 9.59 Å². The Kier molecular flexibility index (Phi) is 30.8. The van der Waals surface area contributed by atoms with Gasteiger partial charge < -0.3 is 105 Å². The van der Waals surface area contributed by atoms with Crippen molar-refractivity contribution in [2.45, 2.75) is 116 Å². The van der Waals surface area contributed by atoms with Crippen LogP contribution in [0.4, 0.5) is 22.7 Å². The van der Waals surface area contributed by atoms with Crippen molar-refractivity contribution in [3.63, 3.8) is 0 Å². The summed E-state index contributed by atoms with van der Waals surface area (Å²) in [7, 11) is 7.47. The van der Waals surface area contributed by atoms with Gasteiger partial charge in [0.25, 0.3) is 23.6 Å². The number of rotatable bonds is 42. The fourth-order valence-corrected chi connectivity index (χ4v) is 17.4. The molecule has 4 fully saturated rings. The predicted octanol–water partition coefficient (Wildman–Crippen LogP) is 13.1. The van der Waals surface area contributed by atoms with Crippen LogP contribution in [0.2, 0.25) is 0 Å². The van der Waals surface area contributed by atoms with Gasteiger partial charge in [0.1, 0.15) is 51.1 Å². The summed E-state index contributed by atoms with van der Waals surface area (Å²) in [6.45, 7) is 9.83. The zero-order valence-corrected chi connectivity index (χ0v) is 73.8. The molecule has 8 heterocycles. The smallest absolute Gasteiger partial charge is 0.307 e. The van der Waals surface area contributed by atoms with Gasteiger partial charge in [-0.3, -0.25) is 48.7 Å². The fraction of sp³-hybridized carbons (Fsp3) is 0.443. The number of allylic oxidation sites excluding steroid dienone is 4. The summed E-state index contributed by atoms with van der Waals surface area (Å²) in [6, 6.07) is 24.1. The van der Waals surface area contributed by atoms with E-state index in [0.29, 0.717) is 181 Å². The standard InChI is InChI=1S/C97H110N8O24/c1-8-60-34-68-48-98-78-44-88(84(113-3)40-74(78)94(109)102(68)52-60)126-56-62-32-64(38-70(36-62)124-30-28-122-26-24-120-22-20-118-18-16-92(106)107)58-128-90-46-80-76(42-86(90)115-5)96(111)104-54-66-12-10-13-67-55-105-83(73(67)15-11-14-72(66)82(104)50-100-80)51-101-81-47-91(87(116-6)43-77(81)97(105)112)129-59-65-33-63(37-71(39-65)125-31-29-123-27-25-121-23-21-119-19-17-93(108)117-7)57-127-89-45-79-75(41-85(89)114-4)95(110)103-53-61(9-2)35-69(103)49-99-79/h8-9,12-13,32-33,36-51,68-69,72-73,82-83H,10-11,14-31,34-35,52-59H2,1-7H3,(H,106,107)/b60-8+,61-9+,66-12-,67-13-/t68-,69?,72?,73?,82?,83+/m0/s1. The lowest BCUT2D eigenvalue weighted by atomic mass is 9.84. The van der Waals surface area contributed by atoms with E-state index in [-0.39, 0.29) is 151 Å². The number of carbonyl (C=O) groups is 6. The van der Waals surface area contributed by atoms with Gasteiger partial charge in [0.2, 0.25) is 0 Å². The number of fused-ring (bicyclic) bond motifs is 12. The summed E-state index contributed by atoms with van der Waals surface area (Å²) in [6.07, 6.45) is 20.5. The number of aliphatic carboxylic acids is 1. The van der Waals surface area contributed by atoms with Crippen LogP contribution in [0.1, 0.15) is 129 Å². The first-order chi connectivity index (χ1) is 63.0. The van der Waals surface area contributed by atoms with Crippen LogP contribution in [0.15, 0.2) is 151 Å². The Balaban J connectivity index is 0.595. The molecule has 9 aliphatic rings. The number of esters is 1. The average molecular weight is 1770 g/mol. The quantitative estimate of drug-likeness (QED) is 0.0211. The highest BCUT2D eigenvalue weighted by atomic mass is 16.6. The number of carboxylic acids is 1. The van der Waals surface area contributed by atoms with E-state index in [0.717, 1.165) is 65.5 Å². The molecule has 6 aromatic carbocycles. The first-order valence-electron chi connectivity index (χ1n) is 43.7. The normalized spacial score (nSPS) is 20.7. The Morgan fingerprint density at radius 1 is 0.380 bits per heavy atom.